The number of morpholine rings is 1. The van der Waals surface area contributed by atoms with Gasteiger partial charge in [-0.2, -0.15) is 0 Å². The molecule has 1 fully saturated rings. The van der Waals surface area contributed by atoms with Crippen LogP contribution in [-0.2, 0) is 11.8 Å². The molecular weight excluding hydrogens is 304 g/mol. The number of carbonyl (C=O) groups excluding carboxylic acids is 1. The van der Waals surface area contributed by atoms with Crippen LogP contribution < -0.4 is 0 Å². The van der Waals surface area contributed by atoms with Gasteiger partial charge in [-0.3, -0.25) is 4.79 Å². The molecule has 1 saturated heterocycles. The van der Waals surface area contributed by atoms with E-state index >= 15 is 0 Å². The van der Waals surface area contributed by atoms with Crippen LogP contribution in [0.4, 0.5) is 0 Å². The Bertz CT molecular complexity index is 895. The monoisotopic (exact) mass is 324 g/mol. The molecule has 1 aliphatic heterocycles. The predicted octanol–water partition coefficient (Wildman–Crippen LogP) is 2.42. The Hall–Kier alpha value is -2.60. The van der Waals surface area contributed by atoms with Crippen LogP contribution in [0.15, 0.2) is 36.7 Å². The molecule has 0 radical (unpaired) electrons. The van der Waals surface area contributed by atoms with Crippen molar-refractivity contribution in [3.63, 3.8) is 0 Å². The van der Waals surface area contributed by atoms with E-state index in [0.717, 1.165) is 28.0 Å². The quantitative estimate of drug-likeness (QED) is 0.787. The molecule has 4 rings (SSSR count). The molecule has 3 aromatic rings. The second kappa shape index (κ2) is 5.79. The molecule has 3 heterocycles. The Morgan fingerprint density at radius 2 is 2.21 bits per heavy atom. The Morgan fingerprint density at radius 3 is 3.00 bits per heavy atom. The minimum atomic E-state index is -0.202. The number of H-pyrrole nitrogens is 1. The molecule has 0 bridgehead atoms. The molecule has 0 spiro atoms. The molecule has 1 aliphatic rings. The van der Waals surface area contributed by atoms with Gasteiger partial charge >= 0.3 is 0 Å². The molecule has 124 valence electrons. The Labute approximate surface area is 140 Å². The summed E-state index contributed by atoms with van der Waals surface area (Å²) in [6, 6.07) is 7.98. The highest BCUT2D eigenvalue weighted by molar-refractivity contribution is 6.07. The number of rotatable bonds is 2. The van der Waals surface area contributed by atoms with Crippen LogP contribution in [0.1, 0.15) is 28.0 Å². The van der Waals surface area contributed by atoms with Crippen molar-refractivity contribution in [2.75, 3.05) is 19.7 Å². The van der Waals surface area contributed by atoms with Gasteiger partial charge in [-0.1, -0.05) is 18.2 Å². The van der Waals surface area contributed by atoms with Gasteiger partial charge in [0.25, 0.3) is 5.91 Å². The minimum absolute atomic E-state index is 0.0448. The zero-order valence-corrected chi connectivity index (χ0v) is 13.8. The average molecular weight is 324 g/mol. The fourth-order valence-electron chi connectivity index (χ4n) is 3.28. The SMILES string of the molecule is Cc1cnc([C@H]2CN(C(=O)c3cn(C)c4ccccc34)CCO2)[nH]1. The first-order valence-electron chi connectivity index (χ1n) is 8.10. The number of aryl methyl sites for hydroxylation is 2. The van der Waals surface area contributed by atoms with Crippen molar-refractivity contribution >= 4 is 16.8 Å². The topological polar surface area (TPSA) is 63.1 Å². The number of para-hydroxylation sites is 1. The zero-order valence-electron chi connectivity index (χ0n) is 13.8. The van der Waals surface area contributed by atoms with E-state index in [1.54, 1.807) is 6.20 Å². The average Bonchev–Trinajstić information content (AvgIpc) is 3.19. The van der Waals surface area contributed by atoms with E-state index in [0.29, 0.717) is 19.7 Å². The zero-order chi connectivity index (χ0) is 16.7. The number of benzene rings is 1. The lowest BCUT2D eigenvalue weighted by Gasteiger charge is -2.32. The molecule has 6 heteroatoms. The number of nitrogens with one attached hydrogen (secondary N) is 1. The van der Waals surface area contributed by atoms with Crippen molar-refractivity contribution in [3.8, 4) is 0 Å². The maximum Gasteiger partial charge on any atom is 0.256 e. The van der Waals surface area contributed by atoms with E-state index in [9.17, 15) is 4.79 Å². The number of fused-ring (bicyclic) bond motifs is 1. The summed E-state index contributed by atoms with van der Waals surface area (Å²) < 4.78 is 7.79. The normalized spacial score (nSPS) is 18.2. The summed E-state index contributed by atoms with van der Waals surface area (Å²) in [4.78, 5) is 22.4. The third-order valence-corrected chi connectivity index (χ3v) is 4.51. The third-order valence-electron chi connectivity index (χ3n) is 4.51. The Balaban J connectivity index is 1.61. The van der Waals surface area contributed by atoms with Crippen molar-refractivity contribution in [1.82, 2.24) is 19.4 Å². The number of hydrogen-bond donors (Lipinski definition) is 1. The molecule has 1 aromatic carbocycles. The van der Waals surface area contributed by atoms with E-state index in [2.05, 4.69) is 9.97 Å². The largest absolute Gasteiger partial charge is 0.367 e. The van der Waals surface area contributed by atoms with Crippen molar-refractivity contribution in [1.29, 1.82) is 0 Å². The molecule has 0 unspecified atom stereocenters. The van der Waals surface area contributed by atoms with E-state index < -0.39 is 0 Å². The first kappa shape index (κ1) is 15.0. The van der Waals surface area contributed by atoms with Gasteiger partial charge < -0.3 is 19.2 Å². The van der Waals surface area contributed by atoms with Crippen molar-refractivity contribution in [2.24, 2.45) is 7.05 Å². The lowest BCUT2D eigenvalue weighted by atomic mass is 10.1. The Morgan fingerprint density at radius 1 is 1.38 bits per heavy atom. The summed E-state index contributed by atoms with van der Waals surface area (Å²) in [6.07, 6.45) is 3.49. The van der Waals surface area contributed by atoms with E-state index in [1.165, 1.54) is 0 Å². The molecule has 0 aliphatic carbocycles. The van der Waals surface area contributed by atoms with Crippen LogP contribution in [-0.4, -0.2) is 45.0 Å². The number of imidazole rings is 1. The van der Waals surface area contributed by atoms with Gasteiger partial charge in [0.2, 0.25) is 0 Å². The fraction of sp³-hybridized carbons (Fsp3) is 0.333. The van der Waals surface area contributed by atoms with Gasteiger partial charge in [0.1, 0.15) is 11.9 Å². The van der Waals surface area contributed by atoms with Gasteiger partial charge in [0, 0.05) is 42.6 Å². The van der Waals surface area contributed by atoms with Crippen LogP contribution in [0.5, 0.6) is 0 Å². The lowest BCUT2D eigenvalue weighted by Crippen LogP contribution is -2.42. The van der Waals surface area contributed by atoms with Crippen LogP contribution in [0.25, 0.3) is 10.9 Å². The smallest absolute Gasteiger partial charge is 0.256 e. The van der Waals surface area contributed by atoms with Gasteiger partial charge in [0.15, 0.2) is 0 Å². The highest BCUT2D eigenvalue weighted by Crippen LogP contribution is 2.25. The number of aromatic nitrogens is 3. The van der Waals surface area contributed by atoms with E-state index in [-0.39, 0.29) is 12.0 Å². The summed E-state index contributed by atoms with van der Waals surface area (Å²) in [5, 5.41) is 0.988. The predicted molar refractivity (Wildman–Crippen MR) is 90.8 cm³/mol. The lowest BCUT2D eigenvalue weighted by molar-refractivity contribution is -0.0264. The first-order valence-corrected chi connectivity index (χ1v) is 8.10. The van der Waals surface area contributed by atoms with Crippen LogP contribution >= 0.6 is 0 Å². The number of hydrogen-bond acceptors (Lipinski definition) is 3. The molecular formula is C18H20N4O2. The fourth-order valence-corrected chi connectivity index (χ4v) is 3.28. The number of ether oxygens (including phenoxy) is 1. The minimum Gasteiger partial charge on any atom is -0.367 e. The number of nitrogens with zero attached hydrogens (tertiary/aromatic N) is 3. The van der Waals surface area contributed by atoms with Crippen LogP contribution in [0.2, 0.25) is 0 Å². The standard InChI is InChI=1S/C18H20N4O2/c1-12-9-19-17(20-12)16-11-22(7-8-24-16)18(23)14-10-21(2)15-6-4-3-5-13(14)15/h3-6,9-10,16H,7-8,11H2,1-2H3,(H,19,20)/t16-/m1/s1. The molecule has 2 aromatic heterocycles. The maximum absolute atomic E-state index is 13.0. The van der Waals surface area contributed by atoms with Crippen molar-refractivity contribution in [3.05, 3.63) is 53.7 Å². The van der Waals surface area contributed by atoms with E-state index in [4.69, 9.17) is 4.74 Å². The number of carbonyl (C=O) groups is 1. The first-order chi connectivity index (χ1) is 11.6. The summed E-state index contributed by atoms with van der Waals surface area (Å²) in [7, 11) is 1.97. The molecule has 0 saturated carbocycles. The van der Waals surface area contributed by atoms with E-state index in [1.807, 2.05) is 53.9 Å². The van der Waals surface area contributed by atoms with Crippen LogP contribution in [0.3, 0.4) is 0 Å². The summed E-state index contributed by atoms with van der Waals surface area (Å²) >= 11 is 0. The molecule has 1 N–H and O–H groups in total. The Kier molecular flexibility index (Phi) is 3.61. The van der Waals surface area contributed by atoms with Gasteiger partial charge in [-0.25, -0.2) is 4.98 Å². The molecule has 1 amide bonds. The van der Waals surface area contributed by atoms with Gasteiger partial charge in [-0.15, -0.1) is 0 Å². The van der Waals surface area contributed by atoms with Crippen molar-refractivity contribution in [2.45, 2.75) is 13.0 Å². The highest BCUT2D eigenvalue weighted by Gasteiger charge is 2.29. The molecule has 24 heavy (non-hydrogen) atoms. The van der Waals surface area contributed by atoms with Gasteiger partial charge in [0.05, 0.1) is 18.7 Å². The number of aromatic amines is 1. The second-order valence-electron chi connectivity index (χ2n) is 6.23. The molecule has 6 nitrogen and oxygen atoms in total. The second-order valence-corrected chi connectivity index (χ2v) is 6.23. The third kappa shape index (κ3) is 2.49. The van der Waals surface area contributed by atoms with Crippen LogP contribution in [0, 0.1) is 6.92 Å². The number of amides is 1. The highest BCUT2D eigenvalue weighted by atomic mass is 16.5. The maximum atomic E-state index is 13.0. The summed E-state index contributed by atoms with van der Waals surface area (Å²) in [5.74, 6) is 0.825. The van der Waals surface area contributed by atoms with Gasteiger partial charge in [-0.05, 0) is 13.0 Å². The summed E-state index contributed by atoms with van der Waals surface area (Å²) in [5.41, 5.74) is 2.79. The summed E-state index contributed by atoms with van der Waals surface area (Å²) in [6.45, 7) is 3.58. The molecule has 1 atom stereocenters. The van der Waals surface area contributed by atoms with Crippen molar-refractivity contribution < 1.29 is 9.53 Å².